The molecular weight excluding hydrogens is 248 g/mol. The van der Waals surface area contributed by atoms with E-state index in [0.717, 1.165) is 22.5 Å². The lowest BCUT2D eigenvalue weighted by Crippen LogP contribution is -2.07. The predicted molar refractivity (Wildman–Crippen MR) is 79.4 cm³/mol. The number of aromatic nitrogens is 3. The van der Waals surface area contributed by atoms with Crippen LogP contribution >= 0.6 is 0 Å². The Hall–Kier alpha value is -2.46. The maximum Gasteiger partial charge on any atom is 0.0829 e. The molecule has 4 heteroatoms. The third-order valence-corrected chi connectivity index (χ3v) is 3.19. The highest BCUT2D eigenvalue weighted by Gasteiger charge is 2.05. The molecule has 2 N–H and O–H groups in total. The third kappa shape index (κ3) is 2.46. The van der Waals surface area contributed by atoms with Crippen LogP contribution in [0, 0.1) is 0 Å². The molecule has 1 atom stereocenters. The van der Waals surface area contributed by atoms with Crippen molar-refractivity contribution in [1.29, 1.82) is 0 Å². The number of nitrogens with zero attached hydrogens (tertiary/aromatic N) is 3. The van der Waals surface area contributed by atoms with E-state index in [1.165, 1.54) is 0 Å². The molecular formula is C16H16N4. The molecule has 4 nitrogen and oxygen atoms in total. The maximum atomic E-state index is 5.80. The zero-order chi connectivity index (χ0) is 13.9. The van der Waals surface area contributed by atoms with Gasteiger partial charge in [-0.15, -0.1) is 0 Å². The fraction of sp³-hybridized carbons (Fsp3) is 0.125. The van der Waals surface area contributed by atoms with Crippen LogP contribution in [0.25, 0.3) is 16.8 Å². The predicted octanol–water partition coefficient (Wildman–Crippen LogP) is 2.95. The van der Waals surface area contributed by atoms with E-state index in [9.17, 15) is 0 Å². The summed E-state index contributed by atoms with van der Waals surface area (Å²) in [6, 6.07) is 14.0. The molecule has 2 aromatic heterocycles. The largest absolute Gasteiger partial charge is 0.323 e. The number of hydrogen-bond acceptors (Lipinski definition) is 3. The van der Waals surface area contributed by atoms with Gasteiger partial charge in [-0.3, -0.25) is 4.98 Å². The second-order valence-electron chi connectivity index (χ2n) is 4.77. The molecule has 0 saturated heterocycles. The molecule has 0 fully saturated rings. The van der Waals surface area contributed by atoms with Crippen molar-refractivity contribution >= 4 is 0 Å². The number of pyridine rings is 1. The van der Waals surface area contributed by atoms with E-state index in [0.29, 0.717) is 0 Å². The van der Waals surface area contributed by atoms with Crippen molar-refractivity contribution in [2.75, 3.05) is 0 Å². The van der Waals surface area contributed by atoms with Crippen LogP contribution in [0.15, 0.2) is 61.1 Å². The summed E-state index contributed by atoms with van der Waals surface area (Å²) in [6.45, 7) is 1.92. The molecule has 0 bridgehead atoms. The van der Waals surface area contributed by atoms with Crippen LogP contribution in [0.1, 0.15) is 18.7 Å². The van der Waals surface area contributed by atoms with E-state index in [1.54, 1.807) is 6.20 Å². The highest BCUT2D eigenvalue weighted by atomic mass is 15.3. The minimum Gasteiger partial charge on any atom is -0.323 e. The Morgan fingerprint density at radius 1 is 1.00 bits per heavy atom. The van der Waals surface area contributed by atoms with Gasteiger partial charge in [0.05, 0.1) is 23.8 Å². The fourth-order valence-corrected chi connectivity index (χ4v) is 2.05. The lowest BCUT2D eigenvalue weighted by molar-refractivity contribution is 0.775. The van der Waals surface area contributed by atoms with Gasteiger partial charge >= 0.3 is 0 Å². The number of rotatable bonds is 3. The van der Waals surface area contributed by atoms with E-state index in [2.05, 4.69) is 22.2 Å². The van der Waals surface area contributed by atoms with Gasteiger partial charge in [0, 0.05) is 17.8 Å². The van der Waals surface area contributed by atoms with Gasteiger partial charge in [-0.1, -0.05) is 30.3 Å². The molecule has 3 rings (SSSR count). The van der Waals surface area contributed by atoms with Gasteiger partial charge in [0.1, 0.15) is 0 Å². The van der Waals surface area contributed by atoms with Crippen molar-refractivity contribution in [3.63, 3.8) is 0 Å². The van der Waals surface area contributed by atoms with Crippen molar-refractivity contribution < 1.29 is 0 Å². The summed E-state index contributed by atoms with van der Waals surface area (Å²) in [5, 5.41) is 4.38. The van der Waals surface area contributed by atoms with Crippen LogP contribution in [0.2, 0.25) is 0 Å². The highest BCUT2D eigenvalue weighted by molar-refractivity contribution is 5.61. The van der Waals surface area contributed by atoms with Crippen LogP contribution in [0.5, 0.6) is 0 Å². The monoisotopic (exact) mass is 264 g/mol. The topological polar surface area (TPSA) is 56.7 Å². The Kier molecular flexibility index (Phi) is 3.31. The maximum absolute atomic E-state index is 5.80. The normalized spacial score (nSPS) is 12.3. The molecule has 3 aromatic rings. The smallest absolute Gasteiger partial charge is 0.0829 e. The second-order valence-corrected chi connectivity index (χ2v) is 4.77. The van der Waals surface area contributed by atoms with Gasteiger partial charge in [0.2, 0.25) is 0 Å². The first-order valence-corrected chi connectivity index (χ1v) is 6.56. The van der Waals surface area contributed by atoms with Crippen LogP contribution in [-0.4, -0.2) is 14.8 Å². The lowest BCUT2D eigenvalue weighted by atomic mass is 10.1. The van der Waals surface area contributed by atoms with Crippen LogP contribution in [-0.2, 0) is 0 Å². The highest BCUT2D eigenvalue weighted by Crippen LogP contribution is 2.19. The summed E-state index contributed by atoms with van der Waals surface area (Å²) in [6.07, 6.45) is 5.65. The standard InChI is InChI=1S/C16H16N4/c1-12(17)16-8-7-15(10-18-16)20-11-14(9-19-20)13-5-3-2-4-6-13/h2-12H,17H2,1H3/t12-/m0/s1. The van der Waals surface area contributed by atoms with Gasteiger partial charge < -0.3 is 5.73 Å². The summed E-state index contributed by atoms with van der Waals surface area (Å²) in [4.78, 5) is 4.35. The van der Waals surface area contributed by atoms with Crippen molar-refractivity contribution in [3.8, 4) is 16.8 Å². The zero-order valence-corrected chi connectivity index (χ0v) is 11.3. The first kappa shape index (κ1) is 12.6. The SMILES string of the molecule is C[C@H](N)c1ccc(-n2cc(-c3ccccc3)cn2)cn1. The molecule has 0 unspecified atom stereocenters. The molecule has 0 radical (unpaired) electrons. The van der Waals surface area contributed by atoms with Crippen molar-refractivity contribution in [2.45, 2.75) is 13.0 Å². The summed E-state index contributed by atoms with van der Waals surface area (Å²) in [5.74, 6) is 0. The number of nitrogens with two attached hydrogens (primary N) is 1. The van der Waals surface area contributed by atoms with E-state index in [-0.39, 0.29) is 6.04 Å². The Balaban J connectivity index is 1.90. The molecule has 1 aromatic carbocycles. The summed E-state index contributed by atoms with van der Waals surface area (Å²) >= 11 is 0. The van der Waals surface area contributed by atoms with Crippen LogP contribution in [0.3, 0.4) is 0 Å². The first-order chi connectivity index (χ1) is 9.74. The molecule has 0 aliphatic rings. The third-order valence-electron chi connectivity index (χ3n) is 3.19. The van der Waals surface area contributed by atoms with E-state index < -0.39 is 0 Å². The van der Waals surface area contributed by atoms with Gasteiger partial charge in [-0.25, -0.2) is 4.68 Å². The Labute approximate surface area is 117 Å². The minimum atomic E-state index is -0.0541. The first-order valence-electron chi connectivity index (χ1n) is 6.56. The Morgan fingerprint density at radius 2 is 1.80 bits per heavy atom. The second kappa shape index (κ2) is 5.27. The molecule has 20 heavy (non-hydrogen) atoms. The number of benzene rings is 1. The minimum absolute atomic E-state index is 0.0541. The molecule has 2 heterocycles. The van der Waals surface area contributed by atoms with Gasteiger partial charge in [-0.2, -0.15) is 5.10 Å². The average molecular weight is 264 g/mol. The van der Waals surface area contributed by atoms with E-state index in [1.807, 2.05) is 54.3 Å². The van der Waals surface area contributed by atoms with Crippen molar-refractivity contribution in [3.05, 3.63) is 66.7 Å². The summed E-state index contributed by atoms with van der Waals surface area (Å²) in [7, 11) is 0. The number of hydrogen-bond donors (Lipinski definition) is 1. The summed E-state index contributed by atoms with van der Waals surface area (Å²) < 4.78 is 1.82. The van der Waals surface area contributed by atoms with Crippen molar-refractivity contribution in [1.82, 2.24) is 14.8 Å². The average Bonchev–Trinajstić information content (AvgIpc) is 2.98. The van der Waals surface area contributed by atoms with Gasteiger partial charge in [0.15, 0.2) is 0 Å². The van der Waals surface area contributed by atoms with Gasteiger partial charge in [0.25, 0.3) is 0 Å². The van der Waals surface area contributed by atoms with E-state index >= 15 is 0 Å². The van der Waals surface area contributed by atoms with Crippen LogP contribution in [0.4, 0.5) is 0 Å². The fourth-order valence-electron chi connectivity index (χ4n) is 2.05. The molecule has 0 amide bonds. The zero-order valence-electron chi connectivity index (χ0n) is 11.3. The lowest BCUT2D eigenvalue weighted by Gasteiger charge is -2.05. The molecule has 0 saturated carbocycles. The van der Waals surface area contributed by atoms with Crippen molar-refractivity contribution in [2.24, 2.45) is 5.73 Å². The molecule has 0 aliphatic carbocycles. The quantitative estimate of drug-likeness (QED) is 0.791. The van der Waals surface area contributed by atoms with Gasteiger partial charge in [-0.05, 0) is 24.6 Å². The summed E-state index contributed by atoms with van der Waals surface area (Å²) in [5.41, 5.74) is 9.84. The molecule has 0 aliphatic heterocycles. The Bertz CT molecular complexity index is 684. The molecule has 100 valence electrons. The molecule has 0 spiro atoms. The Morgan fingerprint density at radius 3 is 2.45 bits per heavy atom. The van der Waals surface area contributed by atoms with Crippen LogP contribution < -0.4 is 5.73 Å². The van der Waals surface area contributed by atoms with E-state index in [4.69, 9.17) is 5.73 Å².